The van der Waals surface area contributed by atoms with Crippen LogP contribution in [0.3, 0.4) is 0 Å². The summed E-state index contributed by atoms with van der Waals surface area (Å²) in [6.07, 6.45) is 1.59. The summed E-state index contributed by atoms with van der Waals surface area (Å²) >= 11 is 0. The summed E-state index contributed by atoms with van der Waals surface area (Å²) in [5.41, 5.74) is 0.183. The van der Waals surface area contributed by atoms with Crippen LogP contribution in [0.1, 0.15) is 23.2 Å². The van der Waals surface area contributed by atoms with Crippen LogP contribution >= 0.6 is 12.4 Å². The number of rotatable bonds is 5. The number of hydrogen-bond donors (Lipinski definition) is 1. The van der Waals surface area contributed by atoms with Crippen LogP contribution in [-0.4, -0.2) is 81.7 Å². The molecule has 0 aromatic heterocycles. The Morgan fingerprint density at radius 2 is 1.71 bits per heavy atom. The maximum Gasteiger partial charge on any atom is 0.254 e. The van der Waals surface area contributed by atoms with Gasteiger partial charge in [0.05, 0.1) is 19.1 Å². The summed E-state index contributed by atoms with van der Waals surface area (Å²) in [5, 5.41) is 3.32. The van der Waals surface area contributed by atoms with Gasteiger partial charge in [-0.3, -0.25) is 9.59 Å². The Hall–Kier alpha value is -1.83. The second-order valence-corrected chi connectivity index (χ2v) is 7.28. The summed E-state index contributed by atoms with van der Waals surface area (Å²) in [6, 6.07) is 7.19. The van der Waals surface area contributed by atoms with Gasteiger partial charge in [-0.2, -0.15) is 0 Å². The van der Waals surface area contributed by atoms with Gasteiger partial charge in [0.1, 0.15) is 5.75 Å². The Balaban J connectivity index is 0.00000280. The number of carbonyl (C=O) groups is 2. The van der Waals surface area contributed by atoms with Gasteiger partial charge in [-0.15, -0.1) is 12.4 Å². The number of nitrogens with one attached hydrogen (secondary N) is 1. The number of benzene rings is 1. The molecule has 2 fully saturated rings. The number of ether oxygens (including phenoxy) is 2. The van der Waals surface area contributed by atoms with Gasteiger partial charge in [0, 0.05) is 38.9 Å². The average molecular weight is 412 g/mol. The van der Waals surface area contributed by atoms with E-state index in [9.17, 15) is 9.59 Å². The zero-order valence-corrected chi connectivity index (χ0v) is 17.4. The highest BCUT2D eigenvalue weighted by Gasteiger charge is 2.43. The normalized spacial score (nSPS) is 18.9. The van der Waals surface area contributed by atoms with Crippen molar-refractivity contribution in [2.75, 3.05) is 60.1 Å². The van der Waals surface area contributed by atoms with Crippen LogP contribution in [0.2, 0.25) is 0 Å². The molecule has 0 spiro atoms. The highest BCUT2D eigenvalue weighted by atomic mass is 35.5. The van der Waals surface area contributed by atoms with Crippen LogP contribution < -0.4 is 10.1 Å². The molecule has 3 rings (SSSR count). The van der Waals surface area contributed by atoms with Crippen molar-refractivity contribution in [1.29, 1.82) is 0 Å². The van der Waals surface area contributed by atoms with Crippen LogP contribution in [0, 0.1) is 5.41 Å². The lowest BCUT2D eigenvalue weighted by molar-refractivity contribution is -0.149. The van der Waals surface area contributed by atoms with Crippen LogP contribution in [0.5, 0.6) is 5.75 Å². The first kappa shape index (κ1) is 22.5. The zero-order valence-electron chi connectivity index (χ0n) is 16.6. The van der Waals surface area contributed by atoms with Gasteiger partial charge in [0.25, 0.3) is 5.91 Å². The minimum atomic E-state index is -0.432. The first-order valence-corrected chi connectivity index (χ1v) is 9.52. The SMILES string of the molecule is COCC1(C(=O)N2CCN(C(=O)c3cccc(OC)c3)CC2)CCNCC1.Cl. The topological polar surface area (TPSA) is 71.1 Å². The molecule has 0 aliphatic carbocycles. The van der Waals surface area contributed by atoms with E-state index in [1.165, 1.54) is 0 Å². The van der Waals surface area contributed by atoms with Gasteiger partial charge in [-0.25, -0.2) is 0 Å². The molecule has 28 heavy (non-hydrogen) atoms. The quantitative estimate of drug-likeness (QED) is 0.793. The molecular formula is C20H30ClN3O4. The second-order valence-electron chi connectivity index (χ2n) is 7.28. The summed E-state index contributed by atoms with van der Waals surface area (Å²) in [5.74, 6) is 0.816. The standard InChI is InChI=1S/C20H29N3O4.ClH/c1-26-15-20(6-8-21-9-7-20)19(25)23-12-10-22(11-13-23)18(24)16-4-3-5-17(14-16)27-2;/h3-5,14,21H,6-13,15H2,1-2H3;1H. The van der Waals surface area contributed by atoms with E-state index in [1.807, 2.05) is 21.9 Å². The Bertz CT molecular complexity index is 666. The third kappa shape index (κ3) is 4.77. The summed E-state index contributed by atoms with van der Waals surface area (Å²) < 4.78 is 10.6. The molecule has 156 valence electrons. The first-order valence-electron chi connectivity index (χ1n) is 9.52. The van der Waals surface area contributed by atoms with Crippen LogP contribution in [-0.2, 0) is 9.53 Å². The number of piperidine rings is 1. The third-order valence-electron chi connectivity index (χ3n) is 5.61. The number of piperazine rings is 1. The molecule has 0 unspecified atom stereocenters. The molecule has 2 amide bonds. The van der Waals surface area contributed by atoms with E-state index in [2.05, 4.69) is 5.32 Å². The summed E-state index contributed by atoms with van der Waals surface area (Å²) in [6.45, 7) is 4.34. The molecule has 8 heteroatoms. The lowest BCUT2D eigenvalue weighted by Crippen LogP contribution is -2.57. The van der Waals surface area contributed by atoms with Crippen molar-refractivity contribution in [2.45, 2.75) is 12.8 Å². The molecule has 0 bridgehead atoms. The molecule has 1 aromatic rings. The largest absolute Gasteiger partial charge is 0.497 e. The molecule has 2 heterocycles. The van der Waals surface area contributed by atoms with Crippen molar-refractivity contribution < 1.29 is 19.1 Å². The smallest absolute Gasteiger partial charge is 0.254 e. The predicted molar refractivity (Wildman–Crippen MR) is 109 cm³/mol. The molecule has 7 nitrogen and oxygen atoms in total. The number of nitrogens with zero attached hydrogens (tertiary/aromatic N) is 2. The fourth-order valence-corrected chi connectivity index (χ4v) is 3.99. The van der Waals surface area contributed by atoms with Crippen LogP contribution in [0.4, 0.5) is 0 Å². The van der Waals surface area contributed by atoms with E-state index >= 15 is 0 Å². The minimum absolute atomic E-state index is 0. The predicted octanol–water partition coefficient (Wildman–Crippen LogP) is 1.42. The Labute approximate surface area is 172 Å². The zero-order chi connectivity index (χ0) is 19.3. The summed E-state index contributed by atoms with van der Waals surface area (Å²) in [7, 11) is 3.24. The van der Waals surface area contributed by atoms with E-state index in [1.54, 1.807) is 26.4 Å². The number of methoxy groups -OCH3 is 2. The molecule has 1 aromatic carbocycles. The van der Waals surface area contributed by atoms with E-state index < -0.39 is 5.41 Å². The van der Waals surface area contributed by atoms with Crippen molar-refractivity contribution in [3.8, 4) is 5.75 Å². The number of halogens is 1. The lowest BCUT2D eigenvalue weighted by atomic mass is 9.78. The maximum atomic E-state index is 13.2. The lowest BCUT2D eigenvalue weighted by Gasteiger charge is -2.42. The Morgan fingerprint density at radius 3 is 2.32 bits per heavy atom. The van der Waals surface area contributed by atoms with Gasteiger partial charge >= 0.3 is 0 Å². The Morgan fingerprint density at radius 1 is 1.07 bits per heavy atom. The highest BCUT2D eigenvalue weighted by molar-refractivity contribution is 5.95. The van der Waals surface area contributed by atoms with Crippen molar-refractivity contribution in [3.63, 3.8) is 0 Å². The monoisotopic (exact) mass is 411 g/mol. The van der Waals surface area contributed by atoms with Gasteiger partial charge < -0.3 is 24.6 Å². The first-order chi connectivity index (χ1) is 13.1. The molecular weight excluding hydrogens is 382 g/mol. The fourth-order valence-electron chi connectivity index (χ4n) is 3.99. The second kappa shape index (κ2) is 10.1. The van der Waals surface area contributed by atoms with Crippen LogP contribution in [0.15, 0.2) is 24.3 Å². The van der Waals surface area contributed by atoms with E-state index in [0.717, 1.165) is 25.9 Å². The number of carbonyl (C=O) groups excluding carboxylic acids is 2. The molecule has 2 saturated heterocycles. The minimum Gasteiger partial charge on any atom is -0.497 e. The van der Waals surface area contributed by atoms with Gasteiger partial charge in [0.2, 0.25) is 5.91 Å². The molecule has 2 aliphatic heterocycles. The van der Waals surface area contributed by atoms with Crippen molar-refractivity contribution in [3.05, 3.63) is 29.8 Å². The van der Waals surface area contributed by atoms with E-state index in [4.69, 9.17) is 9.47 Å². The van der Waals surface area contributed by atoms with E-state index in [0.29, 0.717) is 44.1 Å². The van der Waals surface area contributed by atoms with Gasteiger partial charge in [-0.1, -0.05) is 6.07 Å². The van der Waals surface area contributed by atoms with E-state index in [-0.39, 0.29) is 24.2 Å². The van der Waals surface area contributed by atoms with Crippen LogP contribution in [0.25, 0.3) is 0 Å². The fraction of sp³-hybridized carbons (Fsp3) is 0.600. The molecule has 0 atom stereocenters. The molecule has 1 N–H and O–H groups in total. The average Bonchev–Trinajstić information content (AvgIpc) is 2.73. The molecule has 0 radical (unpaired) electrons. The molecule has 2 aliphatic rings. The maximum absolute atomic E-state index is 13.2. The Kier molecular flexibility index (Phi) is 8.10. The number of hydrogen-bond acceptors (Lipinski definition) is 5. The van der Waals surface area contributed by atoms with Crippen molar-refractivity contribution in [1.82, 2.24) is 15.1 Å². The number of amides is 2. The van der Waals surface area contributed by atoms with Gasteiger partial charge in [-0.05, 0) is 44.1 Å². The highest BCUT2D eigenvalue weighted by Crippen LogP contribution is 2.32. The van der Waals surface area contributed by atoms with Crippen molar-refractivity contribution in [2.24, 2.45) is 5.41 Å². The molecule has 0 saturated carbocycles. The third-order valence-corrected chi connectivity index (χ3v) is 5.61. The van der Waals surface area contributed by atoms with Gasteiger partial charge in [0.15, 0.2) is 0 Å². The summed E-state index contributed by atoms with van der Waals surface area (Å²) in [4.78, 5) is 29.7. The van der Waals surface area contributed by atoms with Crippen molar-refractivity contribution >= 4 is 24.2 Å².